The van der Waals surface area contributed by atoms with Crippen molar-refractivity contribution in [2.45, 2.75) is 72.1 Å². The monoisotopic (exact) mass is 244 g/mol. The highest BCUT2D eigenvalue weighted by atomic mass is 16.3. The molecular formula is C13H28N2O2. The summed E-state index contributed by atoms with van der Waals surface area (Å²) in [4.78, 5) is 11.9. The number of nitrogens with two attached hydrogens (primary N) is 1. The van der Waals surface area contributed by atoms with Gasteiger partial charge in [0.2, 0.25) is 5.91 Å². The van der Waals surface area contributed by atoms with Crippen molar-refractivity contribution >= 4 is 5.91 Å². The van der Waals surface area contributed by atoms with Crippen LogP contribution in [0.4, 0.5) is 0 Å². The molecule has 0 aromatic rings. The number of aliphatic hydroxyl groups is 1. The minimum atomic E-state index is -0.978. The van der Waals surface area contributed by atoms with Crippen molar-refractivity contribution in [3.05, 3.63) is 0 Å². The molecule has 0 heterocycles. The maximum Gasteiger partial charge on any atom is 0.222 e. The van der Waals surface area contributed by atoms with Gasteiger partial charge in [0.05, 0.1) is 11.1 Å². The molecule has 4 nitrogen and oxygen atoms in total. The Morgan fingerprint density at radius 1 is 1.18 bits per heavy atom. The van der Waals surface area contributed by atoms with E-state index >= 15 is 0 Å². The van der Waals surface area contributed by atoms with E-state index in [0.717, 1.165) is 0 Å². The van der Waals surface area contributed by atoms with Gasteiger partial charge in [-0.3, -0.25) is 4.79 Å². The van der Waals surface area contributed by atoms with E-state index in [2.05, 4.69) is 5.32 Å². The van der Waals surface area contributed by atoms with Crippen LogP contribution < -0.4 is 11.1 Å². The Balaban J connectivity index is 4.49. The Morgan fingerprint density at radius 2 is 1.59 bits per heavy atom. The summed E-state index contributed by atoms with van der Waals surface area (Å²) in [5, 5.41) is 12.8. The van der Waals surface area contributed by atoms with Crippen molar-refractivity contribution in [1.29, 1.82) is 0 Å². The molecule has 1 amide bonds. The molecule has 102 valence electrons. The summed E-state index contributed by atoms with van der Waals surface area (Å²) in [6.45, 7) is 13.0. The quantitative estimate of drug-likeness (QED) is 0.700. The molecule has 4 heteroatoms. The van der Waals surface area contributed by atoms with Crippen molar-refractivity contribution < 1.29 is 9.90 Å². The third kappa shape index (κ3) is 5.04. The zero-order chi connectivity index (χ0) is 14.1. The van der Waals surface area contributed by atoms with Crippen LogP contribution in [0.25, 0.3) is 0 Å². The molecule has 0 aliphatic carbocycles. The third-order valence-corrected chi connectivity index (χ3v) is 3.50. The lowest BCUT2D eigenvalue weighted by Crippen LogP contribution is -2.58. The summed E-state index contributed by atoms with van der Waals surface area (Å²) >= 11 is 0. The SMILES string of the molecule is CC(C)(C)C(N)CC(=O)NC(C)(C)C(C)(C)O. The van der Waals surface area contributed by atoms with E-state index in [4.69, 9.17) is 5.73 Å². The van der Waals surface area contributed by atoms with Crippen LogP contribution in [0.3, 0.4) is 0 Å². The normalized spacial score (nSPS) is 15.6. The predicted molar refractivity (Wildman–Crippen MR) is 70.6 cm³/mol. The van der Waals surface area contributed by atoms with Gasteiger partial charge < -0.3 is 16.2 Å². The van der Waals surface area contributed by atoms with Crippen LogP contribution in [0.2, 0.25) is 0 Å². The number of nitrogens with one attached hydrogen (secondary N) is 1. The summed E-state index contributed by atoms with van der Waals surface area (Å²) < 4.78 is 0. The molecule has 0 spiro atoms. The topological polar surface area (TPSA) is 75.4 Å². The summed E-state index contributed by atoms with van der Waals surface area (Å²) in [5.74, 6) is -0.125. The largest absolute Gasteiger partial charge is 0.388 e. The van der Waals surface area contributed by atoms with E-state index in [1.165, 1.54) is 0 Å². The number of rotatable bonds is 4. The third-order valence-electron chi connectivity index (χ3n) is 3.50. The van der Waals surface area contributed by atoms with Gasteiger partial charge >= 0.3 is 0 Å². The highest BCUT2D eigenvalue weighted by Gasteiger charge is 2.36. The molecule has 0 radical (unpaired) electrons. The van der Waals surface area contributed by atoms with E-state index in [0.29, 0.717) is 0 Å². The molecule has 0 saturated heterocycles. The molecule has 0 aliphatic heterocycles. The molecule has 0 aromatic heterocycles. The summed E-state index contributed by atoms with van der Waals surface area (Å²) in [6, 6.07) is -0.194. The van der Waals surface area contributed by atoms with E-state index in [1.54, 1.807) is 27.7 Å². The number of carbonyl (C=O) groups is 1. The van der Waals surface area contributed by atoms with Crippen LogP contribution in [-0.4, -0.2) is 28.2 Å². The van der Waals surface area contributed by atoms with Crippen LogP contribution in [0.5, 0.6) is 0 Å². The van der Waals surface area contributed by atoms with Crippen molar-refractivity contribution in [3.63, 3.8) is 0 Å². The van der Waals surface area contributed by atoms with Gasteiger partial charge in [0.1, 0.15) is 0 Å². The lowest BCUT2D eigenvalue weighted by molar-refractivity contribution is -0.127. The van der Waals surface area contributed by atoms with E-state index in [-0.39, 0.29) is 23.8 Å². The molecule has 1 unspecified atom stereocenters. The predicted octanol–water partition coefficient (Wildman–Crippen LogP) is 1.42. The van der Waals surface area contributed by atoms with Crippen LogP contribution in [0.15, 0.2) is 0 Å². The number of amides is 1. The average Bonchev–Trinajstić information content (AvgIpc) is 1.97. The van der Waals surface area contributed by atoms with E-state index in [1.807, 2.05) is 20.8 Å². The van der Waals surface area contributed by atoms with Crippen LogP contribution >= 0.6 is 0 Å². The molecule has 0 aromatic carbocycles. The first-order chi connectivity index (χ1) is 7.27. The fraction of sp³-hybridized carbons (Fsp3) is 0.923. The Labute approximate surface area is 105 Å². The van der Waals surface area contributed by atoms with E-state index in [9.17, 15) is 9.90 Å². The molecule has 0 fully saturated rings. The number of carbonyl (C=O) groups excluding carboxylic acids is 1. The first kappa shape index (κ1) is 16.4. The Kier molecular flexibility index (Phi) is 4.77. The van der Waals surface area contributed by atoms with Gasteiger partial charge in [-0.25, -0.2) is 0 Å². The Morgan fingerprint density at radius 3 is 1.88 bits per heavy atom. The maximum atomic E-state index is 11.9. The van der Waals surface area contributed by atoms with Gasteiger partial charge in [0.25, 0.3) is 0 Å². The zero-order valence-corrected chi connectivity index (χ0v) is 12.2. The molecule has 0 bridgehead atoms. The van der Waals surface area contributed by atoms with Gasteiger partial charge in [-0.1, -0.05) is 20.8 Å². The van der Waals surface area contributed by atoms with Crippen molar-refractivity contribution in [3.8, 4) is 0 Å². The smallest absolute Gasteiger partial charge is 0.222 e. The molecule has 0 aliphatic rings. The molecular weight excluding hydrogens is 216 g/mol. The van der Waals surface area contributed by atoms with Gasteiger partial charge in [-0.05, 0) is 33.1 Å². The lowest BCUT2D eigenvalue weighted by Gasteiger charge is -2.38. The van der Waals surface area contributed by atoms with Crippen LogP contribution in [-0.2, 0) is 4.79 Å². The second-order valence-corrected chi connectivity index (χ2v) is 6.91. The first-order valence-corrected chi connectivity index (χ1v) is 6.06. The van der Waals surface area contributed by atoms with Gasteiger partial charge in [0.15, 0.2) is 0 Å². The standard InChI is InChI=1S/C13H28N2O2/c1-11(2,3)9(14)8-10(16)15-12(4,5)13(6,7)17/h9,17H,8,14H2,1-7H3,(H,15,16). The minimum Gasteiger partial charge on any atom is -0.388 e. The molecule has 17 heavy (non-hydrogen) atoms. The molecule has 1 atom stereocenters. The molecule has 0 rings (SSSR count). The first-order valence-electron chi connectivity index (χ1n) is 6.06. The second kappa shape index (κ2) is 4.94. The fourth-order valence-corrected chi connectivity index (χ4v) is 1.06. The zero-order valence-electron chi connectivity index (χ0n) is 12.2. The van der Waals surface area contributed by atoms with Gasteiger partial charge in [0, 0.05) is 12.5 Å². The Bertz CT molecular complexity index is 272. The highest BCUT2D eigenvalue weighted by Crippen LogP contribution is 2.23. The van der Waals surface area contributed by atoms with Crippen molar-refractivity contribution in [2.24, 2.45) is 11.1 Å². The number of hydrogen-bond donors (Lipinski definition) is 3. The van der Waals surface area contributed by atoms with Gasteiger partial charge in [-0.15, -0.1) is 0 Å². The summed E-state index contributed by atoms with van der Waals surface area (Å²) in [6.07, 6.45) is 0.267. The van der Waals surface area contributed by atoms with Crippen LogP contribution in [0.1, 0.15) is 54.9 Å². The minimum absolute atomic E-state index is 0.101. The van der Waals surface area contributed by atoms with Gasteiger partial charge in [-0.2, -0.15) is 0 Å². The molecule has 4 N–H and O–H groups in total. The molecule has 0 saturated carbocycles. The fourth-order valence-electron chi connectivity index (χ4n) is 1.06. The number of hydrogen-bond acceptors (Lipinski definition) is 3. The van der Waals surface area contributed by atoms with E-state index < -0.39 is 11.1 Å². The lowest BCUT2D eigenvalue weighted by atomic mass is 9.83. The van der Waals surface area contributed by atoms with Crippen molar-refractivity contribution in [1.82, 2.24) is 5.32 Å². The summed E-state index contributed by atoms with van der Waals surface area (Å²) in [5.41, 5.74) is 4.20. The maximum absolute atomic E-state index is 11.9. The average molecular weight is 244 g/mol. The van der Waals surface area contributed by atoms with Crippen molar-refractivity contribution in [2.75, 3.05) is 0 Å². The second-order valence-electron chi connectivity index (χ2n) is 6.91. The van der Waals surface area contributed by atoms with Crippen LogP contribution in [0, 0.1) is 5.41 Å². The highest BCUT2D eigenvalue weighted by molar-refractivity contribution is 5.77. The Hall–Kier alpha value is -0.610. The summed E-state index contributed by atoms with van der Waals surface area (Å²) in [7, 11) is 0.